The third-order valence-corrected chi connectivity index (χ3v) is 3.32. The van der Waals surface area contributed by atoms with Gasteiger partial charge in [-0.15, -0.1) is 0 Å². The Bertz CT molecular complexity index is 348. The number of nitrogens with one attached hydrogen (secondary N) is 1. The third-order valence-electron chi connectivity index (χ3n) is 3.32. The van der Waals surface area contributed by atoms with E-state index in [1.54, 1.807) is 6.07 Å². The fraction of sp³-hybridized carbons (Fsp3) is 0.538. The highest BCUT2D eigenvalue weighted by atomic mass is 19.1. The van der Waals surface area contributed by atoms with Gasteiger partial charge < -0.3 is 5.32 Å². The zero-order valence-corrected chi connectivity index (χ0v) is 9.39. The van der Waals surface area contributed by atoms with Crippen molar-refractivity contribution in [2.75, 3.05) is 13.1 Å². The van der Waals surface area contributed by atoms with Crippen molar-refractivity contribution in [1.29, 1.82) is 0 Å². The van der Waals surface area contributed by atoms with Crippen LogP contribution in [0.25, 0.3) is 0 Å². The molecule has 1 aromatic rings. The van der Waals surface area contributed by atoms with E-state index in [4.69, 9.17) is 0 Å². The van der Waals surface area contributed by atoms with Gasteiger partial charge >= 0.3 is 0 Å². The molecule has 1 nitrogen and oxygen atoms in total. The van der Waals surface area contributed by atoms with E-state index >= 15 is 0 Å². The molecule has 2 heteroatoms. The van der Waals surface area contributed by atoms with Crippen molar-refractivity contribution >= 4 is 0 Å². The second kappa shape index (κ2) is 4.31. The highest BCUT2D eigenvalue weighted by Crippen LogP contribution is 2.29. The minimum Gasteiger partial charge on any atom is -0.316 e. The minimum atomic E-state index is -0.0780. The van der Waals surface area contributed by atoms with Crippen molar-refractivity contribution < 1.29 is 4.39 Å². The highest BCUT2D eigenvalue weighted by molar-refractivity contribution is 5.31. The largest absolute Gasteiger partial charge is 0.316 e. The molecule has 1 aliphatic heterocycles. The lowest BCUT2D eigenvalue weighted by Crippen LogP contribution is -2.34. The van der Waals surface area contributed by atoms with Gasteiger partial charge in [-0.1, -0.05) is 19.1 Å². The molecule has 0 bridgehead atoms. The van der Waals surface area contributed by atoms with E-state index in [0.717, 1.165) is 25.1 Å². The van der Waals surface area contributed by atoms with Crippen LogP contribution in [0, 0.1) is 18.7 Å². The van der Waals surface area contributed by atoms with Gasteiger partial charge in [0.25, 0.3) is 0 Å². The Balaban J connectivity index is 2.24. The van der Waals surface area contributed by atoms with Gasteiger partial charge in [-0.2, -0.15) is 0 Å². The fourth-order valence-electron chi connectivity index (χ4n) is 2.46. The molecule has 1 saturated heterocycles. The van der Waals surface area contributed by atoms with Crippen molar-refractivity contribution in [1.82, 2.24) is 5.32 Å². The van der Waals surface area contributed by atoms with Crippen LogP contribution in [0.5, 0.6) is 0 Å². The van der Waals surface area contributed by atoms with E-state index in [2.05, 4.69) is 18.3 Å². The SMILES string of the molecule is Cc1c(F)cccc1C1CNCC(C)C1. The van der Waals surface area contributed by atoms with Gasteiger partial charge in [0, 0.05) is 6.54 Å². The number of hydrogen-bond acceptors (Lipinski definition) is 1. The van der Waals surface area contributed by atoms with Gasteiger partial charge in [0.1, 0.15) is 5.82 Å². The maximum absolute atomic E-state index is 13.4. The molecular weight excluding hydrogens is 189 g/mol. The average molecular weight is 207 g/mol. The molecule has 1 fully saturated rings. The van der Waals surface area contributed by atoms with Gasteiger partial charge in [0.05, 0.1) is 0 Å². The van der Waals surface area contributed by atoms with E-state index in [0.29, 0.717) is 11.8 Å². The van der Waals surface area contributed by atoms with E-state index in [9.17, 15) is 4.39 Å². The summed E-state index contributed by atoms with van der Waals surface area (Å²) in [5, 5.41) is 3.41. The fourth-order valence-corrected chi connectivity index (χ4v) is 2.46. The van der Waals surface area contributed by atoms with Crippen LogP contribution in [0.15, 0.2) is 18.2 Å². The highest BCUT2D eigenvalue weighted by Gasteiger charge is 2.21. The predicted molar refractivity (Wildman–Crippen MR) is 60.5 cm³/mol. The first-order chi connectivity index (χ1) is 7.18. The molecule has 1 aromatic carbocycles. The Labute approximate surface area is 90.7 Å². The standard InChI is InChI=1S/C13H18FN/c1-9-6-11(8-15-7-9)12-4-3-5-13(14)10(12)2/h3-5,9,11,15H,6-8H2,1-2H3. The summed E-state index contributed by atoms with van der Waals surface area (Å²) in [5.41, 5.74) is 1.99. The van der Waals surface area contributed by atoms with Gasteiger partial charge in [-0.3, -0.25) is 0 Å². The zero-order valence-electron chi connectivity index (χ0n) is 9.39. The molecular formula is C13H18FN. The normalized spacial score (nSPS) is 26.6. The number of halogens is 1. The molecule has 1 heterocycles. The maximum Gasteiger partial charge on any atom is 0.126 e. The Kier molecular flexibility index (Phi) is 3.06. The Morgan fingerprint density at radius 3 is 2.87 bits per heavy atom. The molecule has 2 atom stereocenters. The van der Waals surface area contributed by atoms with Crippen molar-refractivity contribution in [3.8, 4) is 0 Å². The summed E-state index contributed by atoms with van der Waals surface area (Å²) in [6.45, 7) is 6.19. The van der Waals surface area contributed by atoms with E-state index in [-0.39, 0.29) is 5.82 Å². The summed E-state index contributed by atoms with van der Waals surface area (Å²) in [7, 11) is 0. The second-order valence-corrected chi connectivity index (χ2v) is 4.65. The summed E-state index contributed by atoms with van der Waals surface area (Å²) in [5.74, 6) is 1.08. The van der Waals surface area contributed by atoms with Crippen LogP contribution >= 0.6 is 0 Å². The molecule has 0 spiro atoms. The number of rotatable bonds is 1. The topological polar surface area (TPSA) is 12.0 Å². The monoisotopic (exact) mass is 207 g/mol. The van der Waals surface area contributed by atoms with Crippen LogP contribution in [-0.4, -0.2) is 13.1 Å². The van der Waals surface area contributed by atoms with E-state index < -0.39 is 0 Å². The van der Waals surface area contributed by atoms with Crippen LogP contribution in [0.3, 0.4) is 0 Å². The molecule has 0 amide bonds. The Morgan fingerprint density at radius 1 is 1.33 bits per heavy atom. The van der Waals surface area contributed by atoms with E-state index in [1.165, 1.54) is 5.56 Å². The Morgan fingerprint density at radius 2 is 2.13 bits per heavy atom. The van der Waals surface area contributed by atoms with Crippen LogP contribution in [0.4, 0.5) is 4.39 Å². The van der Waals surface area contributed by atoms with Gasteiger partial charge in [-0.05, 0) is 48.9 Å². The molecule has 0 radical (unpaired) electrons. The van der Waals surface area contributed by atoms with Crippen LogP contribution in [0.1, 0.15) is 30.4 Å². The molecule has 0 saturated carbocycles. The first kappa shape index (κ1) is 10.6. The van der Waals surface area contributed by atoms with Crippen molar-refractivity contribution in [3.63, 3.8) is 0 Å². The lowest BCUT2D eigenvalue weighted by atomic mass is 9.84. The van der Waals surface area contributed by atoms with Crippen molar-refractivity contribution in [2.45, 2.75) is 26.2 Å². The molecule has 2 unspecified atom stereocenters. The first-order valence-corrected chi connectivity index (χ1v) is 5.64. The smallest absolute Gasteiger partial charge is 0.126 e. The number of piperidine rings is 1. The molecule has 1 N–H and O–H groups in total. The first-order valence-electron chi connectivity index (χ1n) is 5.64. The minimum absolute atomic E-state index is 0.0780. The molecule has 2 rings (SSSR count). The second-order valence-electron chi connectivity index (χ2n) is 4.65. The maximum atomic E-state index is 13.4. The summed E-state index contributed by atoms with van der Waals surface area (Å²) in [6, 6.07) is 5.41. The van der Waals surface area contributed by atoms with Crippen molar-refractivity contribution in [3.05, 3.63) is 35.1 Å². The zero-order chi connectivity index (χ0) is 10.8. The number of hydrogen-bond donors (Lipinski definition) is 1. The molecule has 82 valence electrons. The van der Waals surface area contributed by atoms with Crippen molar-refractivity contribution in [2.24, 2.45) is 5.92 Å². The average Bonchev–Trinajstić information content (AvgIpc) is 2.22. The predicted octanol–water partition coefficient (Wildman–Crippen LogP) is 2.85. The summed E-state index contributed by atoms with van der Waals surface area (Å²) < 4.78 is 13.4. The van der Waals surface area contributed by atoms with Crippen LogP contribution in [-0.2, 0) is 0 Å². The van der Waals surface area contributed by atoms with Crippen LogP contribution in [0.2, 0.25) is 0 Å². The lowest BCUT2D eigenvalue weighted by molar-refractivity contribution is 0.362. The lowest BCUT2D eigenvalue weighted by Gasteiger charge is -2.29. The van der Waals surface area contributed by atoms with Crippen LogP contribution < -0.4 is 5.32 Å². The van der Waals surface area contributed by atoms with Gasteiger partial charge in [-0.25, -0.2) is 4.39 Å². The summed E-state index contributed by atoms with van der Waals surface area (Å²) in [4.78, 5) is 0. The number of benzene rings is 1. The van der Waals surface area contributed by atoms with E-state index in [1.807, 2.05) is 13.0 Å². The third kappa shape index (κ3) is 2.20. The summed E-state index contributed by atoms with van der Waals surface area (Å²) in [6.07, 6.45) is 1.16. The molecule has 15 heavy (non-hydrogen) atoms. The Hall–Kier alpha value is -0.890. The van der Waals surface area contributed by atoms with Gasteiger partial charge in [0.2, 0.25) is 0 Å². The molecule has 0 aromatic heterocycles. The quantitative estimate of drug-likeness (QED) is 0.746. The molecule has 0 aliphatic carbocycles. The molecule has 1 aliphatic rings. The van der Waals surface area contributed by atoms with Gasteiger partial charge in [0.15, 0.2) is 0 Å². The summed E-state index contributed by atoms with van der Waals surface area (Å²) >= 11 is 0.